The number of amides is 1. The number of hydrogen-bond acceptors (Lipinski definition) is 1. The molecule has 0 atom stereocenters. The van der Waals surface area contributed by atoms with Gasteiger partial charge < -0.3 is 5.32 Å². The second kappa shape index (κ2) is 5.16. The largest absolute Gasteiger partial charge is 0.354 e. The Morgan fingerprint density at radius 1 is 1.27 bits per heavy atom. The zero-order valence-corrected chi connectivity index (χ0v) is 7.98. The summed E-state index contributed by atoms with van der Waals surface area (Å²) in [7, 11) is 0. The van der Waals surface area contributed by atoms with Gasteiger partial charge in [0.1, 0.15) is 0 Å². The predicted molar refractivity (Wildman–Crippen MR) is 47.4 cm³/mol. The van der Waals surface area contributed by atoms with Crippen LogP contribution in [0.3, 0.4) is 0 Å². The van der Waals surface area contributed by atoms with Gasteiger partial charge in [0.2, 0.25) is 5.91 Å². The van der Waals surface area contributed by atoms with E-state index in [1.807, 2.05) is 27.7 Å². The molecule has 1 amide bonds. The molecule has 66 valence electrons. The van der Waals surface area contributed by atoms with Gasteiger partial charge in [0.05, 0.1) is 0 Å². The summed E-state index contributed by atoms with van der Waals surface area (Å²) in [6, 6.07) is 0.267. The van der Waals surface area contributed by atoms with E-state index in [-0.39, 0.29) is 17.9 Å². The number of rotatable bonds is 4. The molecule has 0 unspecified atom stereocenters. The second-order valence-electron chi connectivity index (χ2n) is 3.18. The van der Waals surface area contributed by atoms with Crippen LogP contribution in [0.4, 0.5) is 0 Å². The maximum Gasteiger partial charge on any atom is 0.223 e. The van der Waals surface area contributed by atoms with Crippen molar-refractivity contribution >= 4 is 5.91 Å². The highest BCUT2D eigenvalue weighted by Crippen LogP contribution is 2.06. The normalized spacial score (nSPS) is 10.7. The molecule has 0 aliphatic carbocycles. The lowest BCUT2D eigenvalue weighted by atomic mass is 10.0. The summed E-state index contributed by atoms with van der Waals surface area (Å²) in [6.45, 7) is 8.07. The predicted octanol–water partition coefficient (Wildman–Crippen LogP) is 1.95. The van der Waals surface area contributed by atoms with Crippen LogP contribution in [0, 0.1) is 5.92 Å². The van der Waals surface area contributed by atoms with Gasteiger partial charge in [0, 0.05) is 12.0 Å². The fourth-order valence-corrected chi connectivity index (χ4v) is 1.06. The van der Waals surface area contributed by atoms with Crippen molar-refractivity contribution in [1.82, 2.24) is 5.32 Å². The smallest absolute Gasteiger partial charge is 0.223 e. The lowest BCUT2D eigenvalue weighted by Gasteiger charge is -2.14. The molecule has 2 nitrogen and oxygen atoms in total. The van der Waals surface area contributed by atoms with E-state index in [2.05, 4.69) is 5.32 Å². The van der Waals surface area contributed by atoms with Crippen LogP contribution >= 0.6 is 0 Å². The third-order valence-corrected chi connectivity index (χ3v) is 1.79. The molecule has 0 radical (unpaired) electrons. The Morgan fingerprint density at radius 2 is 1.73 bits per heavy atom. The van der Waals surface area contributed by atoms with Crippen LogP contribution in [0.5, 0.6) is 0 Å². The number of carbonyl (C=O) groups is 1. The molecule has 0 saturated heterocycles. The van der Waals surface area contributed by atoms with E-state index in [9.17, 15) is 4.79 Å². The molecule has 0 aromatic carbocycles. The molecule has 0 fully saturated rings. The molecule has 0 aromatic heterocycles. The van der Waals surface area contributed by atoms with Crippen molar-refractivity contribution in [2.75, 3.05) is 0 Å². The van der Waals surface area contributed by atoms with Gasteiger partial charge in [-0.15, -0.1) is 0 Å². The third kappa shape index (κ3) is 4.02. The van der Waals surface area contributed by atoms with Crippen molar-refractivity contribution in [2.24, 2.45) is 5.92 Å². The summed E-state index contributed by atoms with van der Waals surface area (Å²) in [5.74, 6) is 0.405. The molecule has 2 heteroatoms. The van der Waals surface area contributed by atoms with Crippen LogP contribution in [0.25, 0.3) is 0 Å². The molecule has 0 spiro atoms. The zero-order chi connectivity index (χ0) is 8.85. The summed E-state index contributed by atoms with van der Waals surface area (Å²) in [5, 5.41) is 2.91. The fraction of sp³-hybridized carbons (Fsp3) is 0.889. The van der Waals surface area contributed by atoms with Gasteiger partial charge in [-0.05, 0) is 26.7 Å². The molecule has 1 N–H and O–H groups in total. The van der Waals surface area contributed by atoms with Gasteiger partial charge in [-0.2, -0.15) is 0 Å². The number of carbonyl (C=O) groups excluding carboxylic acids is 1. The Balaban J connectivity index is 3.79. The molecule has 0 saturated carbocycles. The van der Waals surface area contributed by atoms with Crippen molar-refractivity contribution in [3.8, 4) is 0 Å². The molecule has 0 heterocycles. The molecule has 0 bridgehead atoms. The molecule has 0 aliphatic heterocycles. The molecule has 0 rings (SSSR count). The maximum atomic E-state index is 11.3. The summed E-state index contributed by atoms with van der Waals surface area (Å²) in [6.07, 6.45) is 1.88. The first-order chi connectivity index (χ1) is 5.11. The van der Waals surface area contributed by atoms with E-state index >= 15 is 0 Å². The van der Waals surface area contributed by atoms with Gasteiger partial charge in [0.25, 0.3) is 0 Å². The van der Waals surface area contributed by atoms with Crippen LogP contribution < -0.4 is 5.32 Å². The van der Waals surface area contributed by atoms with Crippen molar-refractivity contribution in [1.29, 1.82) is 0 Å². The lowest BCUT2D eigenvalue weighted by molar-refractivity contribution is -0.125. The number of nitrogens with one attached hydrogen (secondary N) is 1. The Labute approximate surface area is 69.4 Å². The van der Waals surface area contributed by atoms with Gasteiger partial charge in [-0.1, -0.05) is 13.8 Å². The van der Waals surface area contributed by atoms with Crippen molar-refractivity contribution in [3.05, 3.63) is 0 Å². The Kier molecular flexibility index (Phi) is 4.92. The fourth-order valence-electron chi connectivity index (χ4n) is 1.06. The molecule has 0 aromatic rings. The highest BCUT2D eigenvalue weighted by molar-refractivity contribution is 5.78. The second-order valence-corrected chi connectivity index (χ2v) is 3.18. The van der Waals surface area contributed by atoms with Gasteiger partial charge >= 0.3 is 0 Å². The van der Waals surface area contributed by atoms with Crippen molar-refractivity contribution in [2.45, 2.75) is 46.6 Å². The molecular formula is C9H19NO. The molecule has 0 aliphatic rings. The average Bonchev–Trinajstić information content (AvgIpc) is 1.88. The average molecular weight is 157 g/mol. The first-order valence-electron chi connectivity index (χ1n) is 4.42. The monoisotopic (exact) mass is 157 g/mol. The van der Waals surface area contributed by atoms with Crippen LogP contribution in [0.1, 0.15) is 40.5 Å². The minimum absolute atomic E-state index is 0.199. The highest BCUT2D eigenvalue weighted by Gasteiger charge is 2.13. The van der Waals surface area contributed by atoms with Gasteiger partial charge in [-0.25, -0.2) is 0 Å². The lowest BCUT2D eigenvalue weighted by Crippen LogP contribution is -2.35. The van der Waals surface area contributed by atoms with E-state index in [4.69, 9.17) is 0 Å². The maximum absolute atomic E-state index is 11.3. The number of hydrogen-bond donors (Lipinski definition) is 1. The van der Waals surface area contributed by atoms with Gasteiger partial charge in [-0.3, -0.25) is 4.79 Å². The van der Waals surface area contributed by atoms with Crippen LogP contribution in [0.2, 0.25) is 0 Å². The van der Waals surface area contributed by atoms with Crippen molar-refractivity contribution in [3.63, 3.8) is 0 Å². The Hall–Kier alpha value is -0.530. The topological polar surface area (TPSA) is 29.1 Å². The molecule has 11 heavy (non-hydrogen) atoms. The Bertz CT molecular complexity index is 117. The zero-order valence-electron chi connectivity index (χ0n) is 7.98. The molecular weight excluding hydrogens is 138 g/mol. The minimum atomic E-state index is 0.199. The Morgan fingerprint density at radius 3 is 2.00 bits per heavy atom. The third-order valence-electron chi connectivity index (χ3n) is 1.79. The van der Waals surface area contributed by atoms with E-state index in [1.165, 1.54) is 0 Å². The van der Waals surface area contributed by atoms with E-state index in [1.54, 1.807) is 0 Å². The van der Waals surface area contributed by atoms with E-state index < -0.39 is 0 Å². The van der Waals surface area contributed by atoms with Gasteiger partial charge in [0.15, 0.2) is 0 Å². The van der Waals surface area contributed by atoms with Crippen molar-refractivity contribution < 1.29 is 4.79 Å². The first kappa shape index (κ1) is 10.5. The summed E-state index contributed by atoms with van der Waals surface area (Å²) in [5.41, 5.74) is 0. The van der Waals surface area contributed by atoms with Crippen LogP contribution in [0.15, 0.2) is 0 Å². The van der Waals surface area contributed by atoms with E-state index in [0.29, 0.717) is 0 Å². The summed E-state index contributed by atoms with van der Waals surface area (Å²) >= 11 is 0. The minimum Gasteiger partial charge on any atom is -0.354 e. The SMILES string of the molecule is CCC(CC)C(=O)NC(C)C. The highest BCUT2D eigenvalue weighted by atomic mass is 16.1. The van der Waals surface area contributed by atoms with Crippen LogP contribution in [-0.4, -0.2) is 11.9 Å². The van der Waals surface area contributed by atoms with E-state index in [0.717, 1.165) is 12.8 Å². The standard InChI is InChI=1S/C9H19NO/c1-5-8(6-2)9(11)10-7(3)4/h7-8H,5-6H2,1-4H3,(H,10,11). The summed E-state index contributed by atoms with van der Waals surface area (Å²) < 4.78 is 0. The van der Waals surface area contributed by atoms with Crippen LogP contribution in [-0.2, 0) is 4.79 Å². The summed E-state index contributed by atoms with van der Waals surface area (Å²) in [4.78, 5) is 11.3. The first-order valence-corrected chi connectivity index (χ1v) is 4.42. The quantitative estimate of drug-likeness (QED) is 0.664.